The van der Waals surface area contributed by atoms with E-state index in [1.165, 1.54) is 0 Å². The van der Waals surface area contributed by atoms with Crippen molar-refractivity contribution in [1.29, 1.82) is 0 Å². The van der Waals surface area contributed by atoms with Crippen LogP contribution in [0.3, 0.4) is 0 Å². The summed E-state index contributed by atoms with van der Waals surface area (Å²) in [6, 6.07) is 0. The van der Waals surface area contributed by atoms with Gasteiger partial charge in [0.15, 0.2) is 0 Å². The van der Waals surface area contributed by atoms with Crippen molar-refractivity contribution in [3.8, 4) is 29.6 Å². The van der Waals surface area contributed by atoms with Gasteiger partial charge in [-0.05, 0) is 0 Å². The molecule has 0 bridgehead atoms. The summed E-state index contributed by atoms with van der Waals surface area (Å²) in [6.45, 7) is 19.3. The van der Waals surface area contributed by atoms with Gasteiger partial charge in [0.05, 0.1) is 0 Å². The molecule has 0 N–H and O–H groups in total. The summed E-state index contributed by atoms with van der Waals surface area (Å²) in [6.07, 6.45) is 0. The second kappa shape index (κ2) is 6.50. The van der Waals surface area contributed by atoms with Crippen molar-refractivity contribution in [1.82, 2.24) is 0 Å². The summed E-state index contributed by atoms with van der Waals surface area (Å²) >= 11 is -2.98. The van der Waals surface area contributed by atoms with Crippen molar-refractivity contribution in [3.05, 3.63) is 0 Å². The van der Waals surface area contributed by atoms with Crippen LogP contribution in [0.25, 0.3) is 0 Å². The SMILES string of the molecule is CC(C)(C)C#[C][Sn]([CH3])([C]#CC(C)(C)C)[C]#CC(C)(C)C. The van der Waals surface area contributed by atoms with Gasteiger partial charge >= 0.3 is 131 Å². The van der Waals surface area contributed by atoms with Crippen molar-refractivity contribution in [2.45, 2.75) is 67.3 Å². The van der Waals surface area contributed by atoms with Gasteiger partial charge in [-0.2, -0.15) is 0 Å². The summed E-state index contributed by atoms with van der Waals surface area (Å²) in [5.41, 5.74) is 0.0566. The molecule has 0 aromatic carbocycles. The van der Waals surface area contributed by atoms with E-state index < -0.39 is 18.4 Å². The van der Waals surface area contributed by atoms with E-state index in [4.69, 9.17) is 0 Å². The van der Waals surface area contributed by atoms with Crippen LogP contribution in [0.5, 0.6) is 0 Å². The molecule has 0 aromatic rings. The molecule has 0 amide bonds. The van der Waals surface area contributed by atoms with Crippen molar-refractivity contribution in [2.24, 2.45) is 16.2 Å². The molecule has 0 aliphatic rings. The summed E-state index contributed by atoms with van der Waals surface area (Å²) in [4.78, 5) is 2.23. The molecule has 0 saturated heterocycles. The molecule has 0 nitrogen and oxygen atoms in total. The molecular weight excluding hydrogens is 347 g/mol. The third-order valence-electron chi connectivity index (χ3n) is 2.06. The average Bonchev–Trinajstić information content (AvgIpc) is 2.18. The van der Waals surface area contributed by atoms with Crippen LogP contribution in [0.15, 0.2) is 0 Å². The standard InChI is InChI=1S/3C6H9.CH3.Sn/c3*1-5-6(2,3)4;;/h3*2-4H3;1H3;. The molecule has 0 heterocycles. The van der Waals surface area contributed by atoms with Crippen molar-refractivity contribution in [3.63, 3.8) is 0 Å². The van der Waals surface area contributed by atoms with Crippen LogP contribution < -0.4 is 0 Å². The normalized spacial score (nSPS) is 12.3. The van der Waals surface area contributed by atoms with E-state index in [9.17, 15) is 0 Å². The van der Waals surface area contributed by atoms with Gasteiger partial charge < -0.3 is 0 Å². The van der Waals surface area contributed by atoms with Gasteiger partial charge in [0.1, 0.15) is 0 Å². The fourth-order valence-corrected chi connectivity index (χ4v) is 6.92. The molecule has 0 atom stereocenters. The summed E-state index contributed by atoms with van der Waals surface area (Å²) in [7, 11) is 0. The molecule has 0 aliphatic heterocycles. The van der Waals surface area contributed by atoms with Crippen LogP contribution in [-0.2, 0) is 0 Å². The average molecular weight is 377 g/mol. The maximum absolute atomic E-state index is 3.49. The first-order valence-corrected chi connectivity index (χ1v) is 14.4. The zero-order chi connectivity index (χ0) is 16.2. The Labute approximate surface area is 131 Å². The third-order valence-corrected chi connectivity index (χ3v) is 7.41. The Kier molecular flexibility index (Phi) is 6.33. The van der Waals surface area contributed by atoms with E-state index in [1.54, 1.807) is 0 Å². The first kappa shape index (κ1) is 19.5. The second-order valence-electron chi connectivity index (χ2n) is 8.62. The van der Waals surface area contributed by atoms with E-state index >= 15 is 0 Å². The van der Waals surface area contributed by atoms with Gasteiger partial charge in [0.25, 0.3) is 0 Å². The minimum atomic E-state index is -2.98. The Hall–Kier alpha value is -0.521. The summed E-state index contributed by atoms with van der Waals surface area (Å²) < 4.78 is 10.5. The molecule has 0 unspecified atom stereocenters. The van der Waals surface area contributed by atoms with Gasteiger partial charge in [0, 0.05) is 0 Å². The molecule has 0 aliphatic carbocycles. The second-order valence-corrected chi connectivity index (χ2v) is 17.2. The fourth-order valence-electron chi connectivity index (χ4n) is 1.03. The number of rotatable bonds is 0. The molecule has 1 heteroatoms. The molecule has 0 rings (SSSR count). The molecule has 0 aromatic heterocycles. The number of hydrogen-bond acceptors (Lipinski definition) is 0. The zero-order valence-corrected chi connectivity index (χ0v) is 17.9. The van der Waals surface area contributed by atoms with Crippen LogP contribution in [0, 0.1) is 45.8 Å². The van der Waals surface area contributed by atoms with Gasteiger partial charge in [0.2, 0.25) is 0 Å². The van der Waals surface area contributed by atoms with Crippen molar-refractivity contribution in [2.75, 3.05) is 0 Å². The molecule has 0 fully saturated rings. The van der Waals surface area contributed by atoms with E-state index in [2.05, 4.69) is 96.8 Å². The van der Waals surface area contributed by atoms with Gasteiger partial charge in [-0.25, -0.2) is 0 Å². The molecule has 0 radical (unpaired) electrons. The van der Waals surface area contributed by atoms with Crippen LogP contribution in [0.2, 0.25) is 4.94 Å². The molecular formula is C19H30Sn. The van der Waals surface area contributed by atoms with Crippen LogP contribution in [0.1, 0.15) is 62.3 Å². The van der Waals surface area contributed by atoms with Crippen molar-refractivity contribution < 1.29 is 0 Å². The third kappa shape index (κ3) is 11.3. The Bertz CT molecular complexity index is 432. The summed E-state index contributed by atoms with van der Waals surface area (Å²) in [5.74, 6) is 10.1. The first-order chi connectivity index (χ1) is 8.62. The predicted molar refractivity (Wildman–Crippen MR) is 93.3 cm³/mol. The summed E-state index contributed by atoms with van der Waals surface area (Å²) in [5, 5.41) is 0. The van der Waals surface area contributed by atoms with E-state index in [0.717, 1.165) is 0 Å². The quantitative estimate of drug-likeness (QED) is 0.419. The van der Waals surface area contributed by atoms with Gasteiger partial charge in [-0.1, -0.05) is 0 Å². The predicted octanol–water partition coefficient (Wildman–Crippen LogP) is 4.83. The van der Waals surface area contributed by atoms with Gasteiger partial charge in [-0.3, -0.25) is 0 Å². The molecule has 0 spiro atoms. The Morgan fingerprint density at radius 1 is 0.500 bits per heavy atom. The molecule has 110 valence electrons. The first-order valence-electron chi connectivity index (χ1n) is 7.25. The van der Waals surface area contributed by atoms with E-state index in [0.29, 0.717) is 0 Å². The molecule has 20 heavy (non-hydrogen) atoms. The Balaban J connectivity index is 5.71. The van der Waals surface area contributed by atoms with E-state index in [-0.39, 0.29) is 16.2 Å². The van der Waals surface area contributed by atoms with Crippen LogP contribution in [0.4, 0.5) is 0 Å². The Morgan fingerprint density at radius 3 is 0.850 bits per heavy atom. The van der Waals surface area contributed by atoms with Crippen molar-refractivity contribution >= 4 is 18.4 Å². The molecule has 0 saturated carbocycles. The minimum absolute atomic E-state index is 0.0189. The fraction of sp³-hybridized carbons (Fsp3) is 0.684. The zero-order valence-electron chi connectivity index (χ0n) is 15.0. The topological polar surface area (TPSA) is 0 Å². The number of hydrogen-bond donors (Lipinski definition) is 0. The van der Waals surface area contributed by atoms with Gasteiger partial charge in [-0.15, -0.1) is 0 Å². The van der Waals surface area contributed by atoms with Crippen LogP contribution in [-0.4, -0.2) is 18.4 Å². The maximum atomic E-state index is 3.49. The monoisotopic (exact) mass is 378 g/mol. The Morgan fingerprint density at radius 2 is 0.700 bits per heavy atom. The van der Waals surface area contributed by atoms with Crippen LogP contribution >= 0.6 is 0 Å². The van der Waals surface area contributed by atoms with E-state index in [1.807, 2.05) is 0 Å².